The van der Waals surface area contributed by atoms with Crippen molar-refractivity contribution in [2.24, 2.45) is 0 Å². The van der Waals surface area contributed by atoms with E-state index in [-0.39, 0.29) is 17.4 Å². The fraction of sp³-hybridized carbons (Fsp3) is 0.350. The molecule has 0 spiro atoms. The van der Waals surface area contributed by atoms with Crippen LogP contribution in [0.5, 0.6) is 11.5 Å². The standard InChI is InChI=1S/C20H24N2O5S/c1-26-18-7-5-6-16(14-18)21-20(23)15-27-17-8-10-19(11-9-17)28(24,25)22-12-3-2-4-13-22/h5-11,14H,2-4,12-13,15H2,1H3,(H,21,23). The van der Waals surface area contributed by atoms with Crippen LogP contribution in [0.1, 0.15) is 19.3 Å². The molecule has 0 bridgehead atoms. The van der Waals surface area contributed by atoms with Gasteiger partial charge in [-0.3, -0.25) is 4.79 Å². The summed E-state index contributed by atoms with van der Waals surface area (Å²) in [6, 6.07) is 13.2. The Morgan fingerprint density at radius 1 is 1.04 bits per heavy atom. The van der Waals surface area contributed by atoms with Gasteiger partial charge >= 0.3 is 0 Å². The number of benzene rings is 2. The summed E-state index contributed by atoms with van der Waals surface area (Å²) in [5, 5.41) is 2.72. The molecule has 1 saturated heterocycles. The lowest BCUT2D eigenvalue weighted by Crippen LogP contribution is -2.35. The summed E-state index contributed by atoms with van der Waals surface area (Å²) in [7, 11) is -1.92. The third-order valence-electron chi connectivity index (χ3n) is 4.50. The molecule has 2 aromatic carbocycles. The summed E-state index contributed by atoms with van der Waals surface area (Å²) < 4.78 is 37.4. The van der Waals surface area contributed by atoms with Crippen LogP contribution in [0.3, 0.4) is 0 Å². The highest BCUT2D eigenvalue weighted by atomic mass is 32.2. The van der Waals surface area contributed by atoms with Gasteiger partial charge in [0.15, 0.2) is 6.61 Å². The van der Waals surface area contributed by atoms with Crippen molar-refractivity contribution >= 4 is 21.6 Å². The first-order valence-corrected chi connectivity index (χ1v) is 10.6. The average Bonchev–Trinajstić information content (AvgIpc) is 2.73. The van der Waals surface area contributed by atoms with Crippen molar-refractivity contribution in [3.05, 3.63) is 48.5 Å². The summed E-state index contributed by atoms with van der Waals surface area (Å²) >= 11 is 0. The van der Waals surface area contributed by atoms with Gasteiger partial charge in [0.25, 0.3) is 5.91 Å². The van der Waals surface area contributed by atoms with Crippen molar-refractivity contribution in [2.45, 2.75) is 24.2 Å². The summed E-state index contributed by atoms with van der Waals surface area (Å²) in [6.45, 7) is 0.936. The van der Waals surface area contributed by atoms with Crippen molar-refractivity contribution in [1.29, 1.82) is 0 Å². The van der Waals surface area contributed by atoms with Crippen molar-refractivity contribution in [3.8, 4) is 11.5 Å². The van der Waals surface area contributed by atoms with E-state index in [0.29, 0.717) is 30.3 Å². The number of sulfonamides is 1. The summed E-state index contributed by atoms with van der Waals surface area (Å²) in [5.41, 5.74) is 0.607. The Bertz CT molecular complexity index is 906. The number of piperidine rings is 1. The molecule has 3 rings (SSSR count). The van der Waals surface area contributed by atoms with E-state index in [4.69, 9.17) is 9.47 Å². The zero-order valence-corrected chi connectivity index (χ0v) is 16.6. The minimum absolute atomic E-state index is 0.185. The first-order valence-electron chi connectivity index (χ1n) is 9.16. The molecule has 150 valence electrons. The number of nitrogens with one attached hydrogen (secondary N) is 1. The SMILES string of the molecule is COc1cccc(NC(=O)COc2ccc(S(=O)(=O)N3CCCCC3)cc2)c1. The first-order chi connectivity index (χ1) is 13.5. The van der Waals surface area contributed by atoms with Crippen molar-refractivity contribution in [1.82, 2.24) is 4.31 Å². The molecule has 0 aromatic heterocycles. The van der Waals surface area contributed by atoms with E-state index in [1.807, 2.05) is 0 Å². The van der Waals surface area contributed by atoms with Crippen LogP contribution < -0.4 is 14.8 Å². The third kappa shape index (κ3) is 5.02. The van der Waals surface area contributed by atoms with E-state index in [1.165, 1.54) is 16.4 Å². The van der Waals surface area contributed by atoms with Gasteiger partial charge in [-0.15, -0.1) is 0 Å². The van der Waals surface area contributed by atoms with Crippen LogP contribution in [0, 0.1) is 0 Å². The second-order valence-corrected chi connectivity index (χ2v) is 8.44. The van der Waals surface area contributed by atoms with Gasteiger partial charge in [0.1, 0.15) is 11.5 Å². The number of carbonyl (C=O) groups is 1. The van der Waals surface area contributed by atoms with E-state index < -0.39 is 10.0 Å². The molecule has 1 aliphatic heterocycles. The van der Waals surface area contributed by atoms with Crippen LogP contribution in [0.25, 0.3) is 0 Å². The predicted octanol–water partition coefficient (Wildman–Crippen LogP) is 2.89. The smallest absolute Gasteiger partial charge is 0.262 e. The zero-order chi connectivity index (χ0) is 20.0. The maximum Gasteiger partial charge on any atom is 0.262 e. The summed E-state index contributed by atoms with van der Waals surface area (Å²) in [4.78, 5) is 12.3. The Morgan fingerprint density at radius 3 is 2.43 bits per heavy atom. The molecule has 28 heavy (non-hydrogen) atoms. The second-order valence-electron chi connectivity index (χ2n) is 6.50. The Hall–Kier alpha value is -2.58. The predicted molar refractivity (Wildman–Crippen MR) is 106 cm³/mol. The van der Waals surface area contributed by atoms with Gasteiger partial charge in [0.2, 0.25) is 10.0 Å². The Labute approximate surface area is 165 Å². The topological polar surface area (TPSA) is 84.9 Å². The van der Waals surface area contributed by atoms with Gasteiger partial charge < -0.3 is 14.8 Å². The van der Waals surface area contributed by atoms with Gasteiger partial charge in [-0.05, 0) is 49.2 Å². The molecule has 0 atom stereocenters. The molecule has 1 N–H and O–H groups in total. The summed E-state index contributed by atoms with van der Waals surface area (Å²) in [6.07, 6.45) is 2.85. The fourth-order valence-electron chi connectivity index (χ4n) is 3.01. The van der Waals surface area contributed by atoms with Gasteiger partial charge in [0, 0.05) is 24.8 Å². The molecule has 7 nitrogen and oxygen atoms in total. The number of nitrogens with zero attached hydrogens (tertiary/aromatic N) is 1. The van der Waals surface area contributed by atoms with Crippen LogP contribution in [0.4, 0.5) is 5.69 Å². The van der Waals surface area contributed by atoms with E-state index >= 15 is 0 Å². The largest absolute Gasteiger partial charge is 0.497 e. The normalized spacial score (nSPS) is 15.0. The lowest BCUT2D eigenvalue weighted by atomic mass is 10.2. The van der Waals surface area contributed by atoms with Crippen molar-refractivity contribution in [3.63, 3.8) is 0 Å². The molecule has 2 aromatic rings. The minimum Gasteiger partial charge on any atom is -0.497 e. The number of carbonyl (C=O) groups excluding carboxylic acids is 1. The van der Waals surface area contributed by atoms with Crippen LogP contribution >= 0.6 is 0 Å². The van der Waals surface area contributed by atoms with E-state index in [1.54, 1.807) is 43.5 Å². The molecule has 8 heteroatoms. The monoisotopic (exact) mass is 404 g/mol. The number of hydrogen-bond acceptors (Lipinski definition) is 5. The van der Waals surface area contributed by atoms with E-state index in [2.05, 4.69) is 5.32 Å². The van der Waals surface area contributed by atoms with Gasteiger partial charge in [-0.1, -0.05) is 12.5 Å². The first kappa shape index (κ1) is 20.2. The number of rotatable bonds is 7. The Balaban J connectivity index is 1.56. The van der Waals surface area contributed by atoms with Gasteiger partial charge in [-0.2, -0.15) is 4.31 Å². The molecule has 1 heterocycles. The molecule has 1 aliphatic rings. The third-order valence-corrected chi connectivity index (χ3v) is 6.41. The molecular formula is C20H24N2O5S. The molecule has 1 amide bonds. The molecule has 0 saturated carbocycles. The molecule has 1 fully saturated rings. The minimum atomic E-state index is -3.47. The molecular weight excluding hydrogens is 380 g/mol. The number of ether oxygens (including phenoxy) is 2. The molecule has 0 unspecified atom stereocenters. The number of amides is 1. The Morgan fingerprint density at radius 2 is 1.75 bits per heavy atom. The lowest BCUT2D eigenvalue weighted by Gasteiger charge is -2.25. The molecule has 0 radical (unpaired) electrons. The second kappa shape index (κ2) is 9.07. The lowest BCUT2D eigenvalue weighted by molar-refractivity contribution is -0.118. The van der Waals surface area contributed by atoms with Crippen molar-refractivity contribution < 1.29 is 22.7 Å². The summed E-state index contributed by atoms with van der Waals surface area (Å²) in [5.74, 6) is 0.751. The maximum absolute atomic E-state index is 12.6. The highest BCUT2D eigenvalue weighted by Crippen LogP contribution is 2.23. The van der Waals surface area contributed by atoms with E-state index in [0.717, 1.165) is 19.3 Å². The van der Waals surface area contributed by atoms with Crippen LogP contribution in [0.2, 0.25) is 0 Å². The quantitative estimate of drug-likeness (QED) is 0.767. The van der Waals surface area contributed by atoms with E-state index in [9.17, 15) is 13.2 Å². The van der Waals surface area contributed by atoms with Crippen LogP contribution in [0.15, 0.2) is 53.4 Å². The van der Waals surface area contributed by atoms with Crippen LogP contribution in [-0.2, 0) is 14.8 Å². The van der Waals surface area contributed by atoms with Gasteiger partial charge in [0.05, 0.1) is 12.0 Å². The maximum atomic E-state index is 12.6. The van der Waals surface area contributed by atoms with Gasteiger partial charge in [-0.25, -0.2) is 8.42 Å². The number of methoxy groups -OCH3 is 1. The number of hydrogen-bond donors (Lipinski definition) is 1. The molecule has 0 aliphatic carbocycles. The highest BCUT2D eigenvalue weighted by molar-refractivity contribution is 7.89. The average molecular weight is 404 g/mol. The zero-order valence-electron chi connectivity index (χ0n) is 15.8. The fourth-order valence-corrected chi connectivity index (χ4v) is 4.53. The highest BCUT2D eigenvalue weighted by Gasteiger charge is 2.25. The Kier molecular flexibility index (Phi) is 6.53. The van der Waals surface area contributed by atoms with Crippen molar-refractivity contribution in [2.75, 3.05) is 32.1 Å². The van der Waals surface area contributed by atoms with Crippen LogP contribution in [-0.4, -0.2) is 45.4 Å². The number of anilines is 1.